The van der Waals surface area contributed by atoms with Crippen LogP contribution in [0, 0.1) is 6.92 Å². The fraction of sp³-hybridized carbons (Fsp3) is 0.154. The summed E-state index contributed by atoms with van der Waals surface area (Å²) < 4.78 is 24.1. The summed E-state index contributed by atoms with van der Waals surface area (Å²) in [7, 11) is -3.55. The molecule has 1 heterocycles. The van der Waals surface area contributed by atoms with E-state index in [-0.39, 0.29) is 10.7 Å². The van der Waals surface area contributed by atoms with Crippen LogP contribution in [-0.2, 0) is 9.84 Å². The Morgan fingerprint density at radius 1 is 1.17 bits per heavy atom. The summed E-state index contributed by atoms with van der Waals surface area (Å²) in [6.45, 7) is 1.88. The Kier molecular flexibility index (Phi) is 3.63. The Bertz CT molecular complexity index is 638. The maximum atomic E-state index is 12.0. The maximum absolute atomic E-state index is 12.0. The molecule has 0 aliphatic rings. The molecule has 18 heavy (non-hydrogen) atoms. The second-order valence-electron chi connectivity index (χ2n) is 3.97. The standard InChI is InChI=1S/C13H12O3S2/c1-10-4-6-11(7-5-10)18(15,16)9-12(14)13-3-2-8-17-13/h2-8H,9H2,1H3. The maximum Gasteiger partial charge on any atom is 0.188 e. The average molecular weight is 280 g/mol. The second kappa shape index (κ2) is 5.04. The van der Waals surface area contributed by atoms with E-state index in [1.54, 1.807) is 29.6 Å². The minimum atomic E-state index is -3.55. The van der Waals surface area contributed by atoms with Gasteiger partial charge in [-0.15, -0.1) is 11.3 Å². The molecule has 0 bridgehead atoms. The molecule has 1 aromatic heterocycles. The first kappa shape index (κ1) is 13.0. The van der Waals surface area contributed by atoms with Gasteiger partial charge in [0.25, 0.3) is 0 Å². The van der Waals surface area contributed by atoms with Crippen LogP contribution in [-0.4, -0.2) is 20.0 Å². The number of hydrogen-bond acceptors (Lipinski definition) is 4. The lowest BCUT2D eigenvalue weighted by atomic mass is 10.2. The number of rotatable bonds is 4. The van der Waals surface area contributed by atoms with Crippen molar-refractivity contribution in [3.8, 4) is 0 Å². The van der Waals surface area contributed by atoms with Crippen molar-refractivity contribution in [3.63, 3.8) is 0 Å². The molecule has 0 aliphatic heterocycles. The van der Waals surface area contributed by atoms with E-state index in [1.807, 2.05) is 6.92 Å². The van der Waals surface area contributed by atoms with Gasteiger partial charge in [0.15, 0.2) is 15.6 Å². The predicted octanol–water partition coefficient (Wildman–Crippen LogP) is 2.71. The van der Waals surface area contributed by atoms with Gasteiger partial charge in [0, 0.05) is 0 Å². The van der Waals surface area contributed by atoms with Crippen LogP contribution < -0.4 is 0 Å². The van der Waals surface area contributed by atoms with Crippen molar-refractivity contribution in [2.75, 3.05) is 5.75 Å². The van der Waals surface area contributed by atoms with Crippen molar-refractivity contribution in [1.82, 2.24) is 0 Å². The van der Waals surface area contributed by atoms with E-state index in [1.165, 1.54) is 23.5 Å². The molecule has 1 aromatic carbocycles. The van der Waals surface area contributed by atoms with Gasteiger partial charge in [-0.3, -0.25) is 4.79 Å². The topological polar surface area (TPSA) is 51.2 Å². The summed E-state index contributed by atoms with van der Waals surface area (Å²) in [5.41, 5.74) is 0.985. The van der Waals surface area contributed by atoms with Crippen LogP contribution in [0.25, 0.3) is 0 Å². The number of hydrogen-bond donors (Lipinski definition) is 0. The van der Waals surface area contributed by atoms with Gasteiger partial charge in [0.1, 0.15) is 5.75 Å². The van der Waals surface area contributed by atoms with Crippen LogP contribution in [0.3, 0.4) is 0 Å². The number of ketones is 1. The summed E-state index contributed by atoms with van der Waals surface area (Å²) in [4.78, 5) is 12.5. The highest BCUT2D eigenvalue weighted by atomic mass is 32.2. The molecule has 3 nitrogen and oxygen atoms in total. The quantitative estimate of drug-likeness (QED) is 0.809. The molecule has 2 rings (SSSR count). The molecular formula is C13H12O3S2. The van der Waals surface area contributed by atoms with Crippen LogP contribution in [0.2, 0.25) is 0 Å². The third-order valence-electron chi connectivity index (χ3n) is 2.50. The van der Waals surface area contributed by atoms with Crippen molar-refractivity contribution in [2.45, 2.75) is 11.8 Å². The largest absolute Gasteiger partial charge is 0.292 e. The monoisotopic (exact) mass is 280 g/mol. The van der Waals surface area contributed by atoms with E-state index in [4.69, 9.17) is 0 Å². The highest BCUT2D eigenvalue weighted by Crippen LogP contribution is 2.16. The van der Waals surface area contributed by atoms with Crippen molar-refractivity contribution >= 4 is 27.0 Å². The number of thiophene rings is 1. The molecule has 0 unspecified atom stereocenters. The van der Waals surface area contributed by atoms with Crippen LogP contribution in [0.1, 0.15) is 15.2 Å². The van der Waals surface area contributed by atoms with Crippen molar-refractivity contribution in [3.05, 3.63) is 52.2 Å². The Balaban J connectivity index is 2.22. The van der Waals surface area contributed by atoms with Gasteiger partial charge in [-0.1, -0.05) is 23.8 Å². The molecule has 0 radical (unpaired) electrons. The second-order valence-corrected chi connectivity index (χ2v) is 6.91. The number of sulfone groups is 1. The van der Waals surface area contributed by atoms with Gasteiger partial charge in [-0.2, -0.15) is 0 Å². The van der Waals surface area contributed by atoms with Crippen molar-refractivity contribution < 1.29 is 13.2 Å². The Labute approximate surface area is 110 Å². The molecule has 0 spiro atoms. The van der Waals surface area contributed by atoms with Crippen LogP contribution in [0.15, 0.2) is 46.7 Å². The molecule has 2 aromatic rings. The van der Waals surface area contributed by atoms with Crippen molar-refractivity contribution in [2.24, 2.45) is 0 Å². The number of carbonyl (C=O) groups excluding carboxylic acids is 1. The van der Waals surface area contributed by atoms with E-state index in [0.717, 1.165) is 5.56 Å². The molecule has 0 saturated heterocycles. The zero-order valence-electron chi connectivity index (χ0n) is 9.79. The number of carbonyl (C=O) groups is 1. The number of aryl methyl sites for hydroxylation is 1. The fourth-order valence-electron chi connectivity index (χ4n) is 1.51. The van der Waals surface area contributed by atoms with E-state index in [0.29, 0.717) is 4.88 Å². The van der Waals surface area contributed by atoms with Crippen molar-refractivity contribution in [1.29, 1.82) is 0 Å². The van der Waals surface area contributed by atoms with Gasteiger partial charge in [0.05, 0.1) is 9.77 Å². The van der Waals surface area contributed by atoms with Crippen LogP contribution in [0.5, 0.6) is 0 Å². The van der Waals surface area contributed by atoms with Gasteiger partial charge in [0.2, 0.25) is 0 Å². The number of benzene rings is 1. The van der Waals surface area contributed by atoms with Gasteiger partial charge in [-0.05, 0) is 30.5 Å². The lowest BCUT2D eigenvalue weighted by molar-refractivity contribution is 0.102. The first-order valence-corrected chi connectivity index (χ1v) is 7.88. The summed E-state index contributed by atoms with van der Waals surface area (Å²) in [5.74, 6) is -0.832. The fourth-order valence-corrected chi connectivity index (χ4v) is 3.48. The number of Topliss-reactive ketones (excluding diaryl/α,β-unsaturated/α-hetero) is 1. The van der Waals surface area contributed by atoms with Crippen LogP contribution >= 0.6 is 11.3 Å². The van der Waals surface area contributed by atoms with Crippen LogP contribution in [0.4, 0.5) is 0 Å². The highest BCUT2D eigenvalue weighted by Gasteiger charge is 2.20. The summed E-state index contributed by atoms with van der Waals surface area (Å²) in [6.07, 6.45) is 0. The molecule has 94 valence electrons. The van der Waals surface area contributed by atoms with E-state index < -0.39 is 15.6 Å². The zero-order valence-corrected chi connectivity index (χ0v) is 11.4. The highest BCUT2D eigenvalue weighted by molar-refractivity contribution is 7.92. The van der Waals surface area contributed by atoms with Gasteiger partial charge in [-0.25, -0.2) is 8.42 Å². The van der Waals surface area contributed by atoms with E-state index >= 15 is 0 Å². The molecule has 0 N–H and O–H groups in total. The zero-order chi connectivity index (χ0) is 13.2. The molecule has 5 heteroatoms. The third kappa shape index (κ3) is 2.86. The lowest BCUT2D eigenvalue weighted by Gasteiger charge is -2.03. The smallest absolute Gasteiger partial charge is 0.188 e. The summed E-state index contributed by atoms with van der Waals surface area (Å²) in [5, 5.41) is 1.76. The molecule has 0 amide bonds. The van der Waals surface area contributed by atoms with Gasteiger partial charge < -0.3 is 0 Å². The van der Waals surface area contributed by atoms with E-state index in [2.05, 4.69) is 0 Å². The first-order valence-electron chi connectivity index (χ1n) is 5.35. The summed E-state index contributed by atoms with van der Waals surface area (Å²) >= 11 is 1.26. The minimum absolute atomic E-state index is 0.193. The lowest BCUT2D eigenvalue weighted by Crippen LogP contribution is -2.15. The normalized spacial score (nSPS) is 11.4. The van der Waals surface area contributed by atoms with Gasteiger partial charge >= 0.3 is 0 Å². The first-order chi connectivity index (χ1) is 8.49. The third-order valence-corrected chi connectivity index (χ3v) is 5.04. The Hall–Kier alpha value is -1.46. The SMILES string of the molecule is Cc1ccc(S(=O)(=O)CC(=O)c2cccs2)cc1. The molecule has 0 atom stereocenters. The Morgan fingerprint density at radius 3 is 2.39 bits per heavy atom. The molecule has 0 saturated carbocycles. The molecule has 0 aliphatic carbocycles. The Morgan fingerprint density at radius 2 is 1.83 bits per heavy atom. The molecular weight excluding hydrogens is 268 g/mol. The molecule has 0 fully saturated rings. The summed E-state index contributed by atoms with van der Waals surface area (Å²) in [6, 6.07) is 9.89. The van der Waals surface area contributed by atoms with E-state index in [9.17, 15) is 13.2 Å². The predicted molar refractivity (Wildman–Crippen MR) is 71.9 cm³/mol. The minimum Gasteiger partial charge on any atom is -0.292 e. The average Bonchev–Trinajstić information content (AvgIpc) is 2.82.